The van der Waals surface area contributed by atoms with Crippen molar-refractivity contribution in [3.8, 4) is 11.7 Å². The van der Waals surface area contributed by atoms with Crippen LogP contribution in [0.1, 0.15) is 16.8 Å². The van der Waals surface area contributed by atoms with Gasteiger partial charge in [0.15, 0.2) is 0 Å². The number of urea groups is 1. The number of nitrogens with zero attached hydrogens (tertiary/aromatic N) is 3. The summed E-state index contributed by atoms with van der Waals surface area (Å²) in [4.78, 5) is 39.4. The molecule has 1 aromatic carbocycles. The van der Waals surface area contributed by atoms with E-state index in [1.54, 1.807) is 23.1 Å². The molecular weight excluding hydrogens is 335 g/mol. The minimum Gasteiger partial charge on any atom is -0.495 e. The molecule has 1 N–H and O–H groups in total. The molecule has 0 bridgehead atoms. The van der Waals surface area contributed by atoms with Gasteiger partial charge in [-0.3, -0.25) is 19.8 Å². The highest BCUT2D eigenvalue weighted by atomic mass is 16.5. The number of imide groups is 1. The van der Waals surface area contributed by atoms with Crippen molar-refractivity contribution in [3.63, 3.8) is 0 Å². The van der Waals surface area contributed by atoms with Crippen LogP contribution in [0.2, 0.25) is 12.6 Å². The van der Waals surface area contributed by atoms with Gasteiger partial charge in [0.05, 0.1) is 12.8 Å². The van der Waals surface area contributed by atoms with E-state index in [0.717, 1.165) is 0 Å². The molecule has 1 aromatic rings. The largest absolute Gasteiger partial charge is 0.495 e. The van der Waals surface area contributed by atoms with Gasteiger partial charge in [-0.15, -0.1) is 0 Å². The lowest BCUT2D eigenvalue weighted by atomic mass is 9.45. The molecule has 4 amide bonds. The fourth-order valence-electron chi connectivity index (χ4n) is 3.22. The summed E-state index contributed by atoms with van der Waals surface area (Å²) >= 11 is 0. The van der Waals surface area contributed by atoms with Gasteiger partial charge in [-0.1, -0.05) is 0 Å². The molecular formula is C17H19BN4O4. The van der Waals surface area contributed by atoms with Gasteiger partial charge in [0.25, 0.3) is 12.6 Å². The van der Waals surface area contributed by atoms with Gasteiger partial charge >= 0.3 is 6.03 Å². The third-order valence-corrected chi connectivity index (χ3v) is 4.74. The molecule has 26 heavy (non-hydrogen) atoms. The van der Waals surface area contributed by atoms with Gasteiger partial charge in [-0.2, -0.15) is 0 Å². The molecule has 0 spiro atoms. The van der Waals surface area contributed by atoms with Crippen LogP contribution in [-0.2, 0) is 4.79 Å². The Morgan fingerprint density at radius 2 is 2.00 bits per heavy atom. The van der Waals surface area contributed by atoms with Crippen LogP contribution in [0.5, 0.6) is 5.75 Å². The van der Waals surface area contributed by atoms with Crippen molar-refractivity contribution in [2.45, 2.75) is 19.1 Å². The van der Waals surface area contributed by atoms with Crippen molar-refractivity contribution in [1.29, 1.82) is 5.26 Å². The number of anilines is 1. The van der Waals surface area contributed by atoms with Crippen molar-refractivity contribution >= 4 is 30.2 Å². The number of ether oxygens (including phenoxy) is 1. The van der Waals surface area contributed by atoms with Crippen LogP contribution in [0.15, 0.2) is 18.2 Å². The van der Waals surface area contributed by atoms with E-state index in [1.165, 1.54) is 12.0 Å². The van der Waals surface area contributed by atoms with E-state index in [2.05, 4.69) is 11.3 Å². The van der Waals surface area contributed by atoms with Crippen molar-refractivity contribution in [2.24, 2.45) is 0 Å². The van der Waals surface area contributed by atoms with E-state index in [9.17, 15) is 14.4 Å². The van der Waals surface area contributed by atoms with Crippen LogP contribution in [-0.4, -0.2) is 56.2 Å². The first-order valence-corrected chi connectivity index (χ1v) is 8.51. The van der Waals surface area contributed by atoms with E-state index in [1.807, 2.05) is 0 Å². The van der Waals surface area contributed by atoms with E-state index in [4.69, 9.17) is 10.00 Å². The van der Waals surface area contributed by atoms with E-state index in [0.29, 0.717) is 42.7 Å². The molecule has 2 aliphatic heterocycles. The highest BCUT2D eigenvalue weighted by Crippen LogP contribution is 2.31. The molecule has 0 aromatic heterocycles. The third kappa shape index (κ3) is 3.49. The molecule has 8 nitrogen and oxygen atoms in total. The molecule has 9 heteroatoms. The number of hydrogen-bond acceptors (Lipinski definition) is 5. The van der Waals surface area contributed by atoms with Crippen LogP contribution in [0, 0.1) is 11.2 Å². The number of carbonyl (C=O) groups excluding carboxylic acids is 3. The van der Waals surface area contributed by atoms with Crippen LogP contribution >= 0.6 is 0 Å². The van der Waals surface area contributed by atoms with Crippen molar-refractivity contribution in [3.05, 3.63) is 23.8 Å². The Morgan fingerprint density at radius 3 is 2.62 bits per heavy atom. The van der Waals surface area contributed by atoms with Gasteiger partial charge in [-0.25, -0.2) is 10.1 Å². The monoisotopic (exact) mass is 354 g/mol. The second-order valence-corrected chi connectivity index (χ2v) is 6.34. The van der Waals surface area contributed by atoms with Crippen molar-refractivity contribution < 1.29 is 19.1 Å². The summed E-state index contributed by atoms with van der Waals surface area (Å²) in [6.07, 6.45) is 1.53. The number of nitriles is 1. The quantitative estimate of drug-likeness (QED) is 0.821. The first-order chi connectivity index (χ1) is 12.5. The molecule has 0 aliphatic carbocycles. The number of benzene rings is 1. The Balaban J connectivity index is 1.83. The number of carbonyl (C=O) groups is 3. The average Bonchev–Trinajstić information content (AvgIpc) is 2.67. The summed E-state index contributed by atoms with van der Waals surface area (Å²) in [5.74, 6) is 2.24. The predicted molar refractivity (Wildman–Crippen MR) is 95.4 cm³/mol. The molecule has 0 saturated carbocycles. The van der Waals surface area contributed by atoms with E-state index in [-0.39, 0.29) is 31.5 Å². The van der Waals surface area contributed by atoms with Crippen molar-refractivity contribution in [2.75, 3.05) is 31.6 Å². The number of hydrogen-bond donors (Lipinski definition) is 1. The molecule has 2 fully saturated rings. The van der Waals surface area contributed by atoms with Crippen molar-refractivity contribution in [1.82, 2.24) is 10.2 Å². The number of methoxy groups -OCH3 is 1. The normalized spacial score (nSPS) is 17.6. The van der Waals surface area contributed by atoms with Gasteiger partial charge in [0.1, 0.15) is 5.75 Å². The minimum absolute atomic E-state index is 0.0000566. The zero-order chi connectivity index (χ0) is 18.7. The summed E-state index contributed by atoms with van der Waals surface area (Å²) in [7, 11) is 1.49. The standard InChI is InChI=1S/C17H19BN4O4/c1-26-14-3-2-12(16(24)21-8-5-18(11-19)6-9-21)10-13(14)22-7-4-15(23)20-17(22)25/h2-3,10H,4-9H2,1H3,(H,20,23,25). The summed E-state index contributed by atoms with van der Waals surface area (Å²) in [5, 5.41) is 11.2. The molecule has 0 atom stereocenters. The predicted octanol–water partition coefficient (Wildman–Crippen LogP) is 1.15. The minimum atomic E-state index is -0.529. The Labute approximate surface area is 151 Å². The molecule has 2 saturated heterocycles. The topological polar surface area (TPSA) is 103 Å². The highest BCUT2D eigenvalue weighted by Gasteiger charge is 2.29. The Hall–Kier alpha value is -3.02. The molecule has 0 unspecified atom stereocenters. The van der Waals surface area contributed by atoms with Crippen LogP contribution < -0.4 is 15.0 Å². The summed E-state index contributed by atoms with van der Waals surface area (Å²) < 4.78 is 5.32. The number of nitrogens with one attached hydrogen (secondary N) is 1. The van der Waals surface area contributed by atoms with E-state index < -0.39 is 6.03 Å². The molecule has 134 valence electrons. The van der Waals surface area contributed by atoms with E-state index >= 15 is 0 Å². The van der Waals surface area contributed by atoms with Crippen LogP contribution in [0.25, 0.3) is 0 Å². The molecule has 2 aliphatic rings. The second kappa shape index (κ2) is 7.48. The third-order valence-electron chi connectivity index (χ3n) is 4.74. The maximum atomic E-state index is 12.8. The smallest absolute Gasteiger partial charge is 0.328 e. The van der Waals surface area contributed by atoms with Gasteiger partial charge in [0, 0.05) is 37.6 Å². The summed E-state index contributed by atoms with van der Waals surface area (Å²) in [5.41, 5.74) is 0.899. The number of rotatable bonds is 3. The zero-order valence-electron chi connectivity index (χ0n) is 14.5. The van der Waals surface area contributed by atoms with Crippen LogP contribution in [0.3, 0.4) is 0 Å². The second-order valence-electron chi connectivity index (χ2n) is 6.34. The zero-order valence-corrected chi connectivity index (χ0v) is 14.5. The number of amides is 4. The molecule has 0 radical (unpaired) electrons. The fourth-order valence-corrected chi connectivity index (χ4v) is 3.22. The molecule has 3 rings (SSSR count). The highest BCUT2D eigenvalue weighted by molar-refractivity contribution is 6.67. The summed E-state index contributed by atoms with van der Waals surface area (Å²) in [6.45, 7) is 1.31. The SMILES string of the molecule is COc1ccc(C(=O)N2CCB(C#N)CC2)cc1N1CCC(=O)NC1=O. The maximum Gasteiger partial charge on any atom is 0.328 e. The fraction of sp³-hybridized carbons (Fsp3) is 0.412. The Bertz CT molecular complexity index is 783. The van der Waals surface area contributed by atoms with Gasteiger partial charge in [0.2, 0.25) is 5.91 Å². The lowest BCUT2D eigenvalue weighted by Crippen LogP contribution is -2.49. The lowest BCUT2D eigenvalue weighted by Gasteiger charge is -2.30. The Morgan fingerprint density at radius 1 is 1.27 bits per heavy atom. The first kappa shape index (κ1) is 17.8. The van der Waals surface area contributed by atoms with Crippen LogP contribution in [0.4, 0.5) is 10.5 Å². The van der Waals surface area contributed by atoms with Gasteiger partial charge in [-0.05, 0) is 30.8 Å². The Kier molecular flexibility index (Phi) is 5.12. The lowest BCUT2D eigenvalue weighted by molar-refractivity contribution is -0.120. The maximum absolute atomic E-state index is 12.8. The van der Waals surface area contributed by atoms with Gasteiger partial charge < -0.3 is 9.64 Å². The molecule has 2 heterocycles. The summed E-state index contributed by atoms with van der Waals surface area (Å²) in [6, 6.07) is 4.40. The first-order valence-electron chi connectivity index (χ1n) is 8.51. The average molecular weight is 354 g/mol.